The van der Waals surface area contributed by atoms with E-state index in [1.807, 2.05) is 13.0 Å². The van der Waals surface area contributed by atoms with E-state index in [1.165, 1.54) is 0 Å². The van der Waals surface area contributed by atoms with Crippen molar-refractivity contribution in [1.29, 1.82) is 0 Å². The Morgan fingerprint density at radius 2 is 2.00 bits per heavy atom. The average molecular weight is 186 g/mol. The van der Waals surface area contributed by atoms with Crippen molar-refractivity contribution in [2.75, 3.05) is 19.8 Å². The molecule has 1 heterocycles. The minimum absolute atomic E-state index is 0.276. The van der Waals surface area contributed by atoms with Gasteiger partial charge >= 0.3 is 0 Å². The van der Waals surface area contributed by atoms with Crippen LogP contribution >= 0.6 is 0 Å². The number of aliphatic hydroxyl groups is 1. The van der Waals surface area contributed by atoms with Gasteiger partial charge in [-0.05, 0) is 32.3 Å². The summed E-state index contributed by atoms with van der Waals surface area (Å²) in [6.07, 6.45) is 6.87. The van der Waals surface area contributed by atoms with Crippen LogP contribution in [-0.4, -0.2) is 30.7 Å². The van der Waals surface area contributed by atoms with Crippen molar-refractivity contribution in [1.82, 2.24) is 0 Å². The van der Waals surface area contributed by atoms with Gasteiger partial charge in [-0.3, -0.25) is 0 Å². The van der Waals surface area contributed by atoms with Crippen LogP contribution in [0.5, 0.6) is 0 Å². The fraction of sp³-hybridized carbons (Fsp3) is 0.800. The first-order chi connectivity index (χ1) is 6.27. The molecule has 0 aliphatic carbocycles. The predicted molar refractivity (Wildman–Crippen MR) is 50.4 cm³/mol. The van der Waals surface area contributed by atoms with Crippen molar-refractivity contribution >= 4 is 0 Å². The molecule has 1 aliphatic heterocycles. The summed E-state index contributed by atoms with van der Waals surface area (Å²) in [5.41, 5.74) is 0. The van der Waals surface area contributed by atoms with Crippen LogP contribution in [0.15, 0.2) is 12.2 Å². The van der Waals surface area contributed by atoms with Gasteiger partial charge in [-0.1, -0.05) is 6.08 Å². The van der Waals surface area contributed by atoms with Gasteiger partial charge in [0.25, 0.3) is 0 Å². The van der Waals surface area contributed by atoms with E-state index in [9.17, 15) is 0 Å². The van der Waals surface area contributed by atoms with Gasteiger partial charge < -0.3 is 14.6 Å². The second-order valence-corrected chi connectivity index (χ2v) is 3.33. The molecule has 0 aromatic rings. The zero-order valence-corrected chi connectivity index (χ0v) is 8.16. The van der Waals surface area contributed by atoms with E-state index in [-0.39, 0.29) is 6.61 Å². The second kappa shape index (κ2) is 5.37. The van der Waals surface area contributed by atoms with Gasteiger partial charge in [-0.25, -0.2) is 0 Å². The Balaban J connectivity index is 2.14. The SMILES string of the molecule is CC1(/C=C/CCCCO)OCCO1. The van der Waals surface area contributed by atoms with Crippen LogP contribution in [0.2, 0.25) is 0 Å². The minimum atomic E-state index is -0.501. The third-order valence-electron chi connectivity index (χ3n) is 2.06. The molecule has 1 fully saturated rings. The zero-order chi connectivity index (χ0) is 9.57. The van der Waals surface area contributed by atoms with Crippen molar-refractivity contribution < 1.29 is 14.6 Å². The lowest BCUT2D eigenvalue weighted by atomic mass is 10.2. The number of allylic oxidation sites excluding steroid dienone is 1. The van der Waals surface area contributed by atoms with E-state index >= 15 is 0 Å². The molecule has 3 heteroatoms. The van der Waals surface area contributed by atoms with E-state index in [0.717, 1.165) is 19.3 Å². The maximum atomic E-state index is 8.55. The highest BCUT2D eigenvalue weighted by atomic mass is 16.7. The van der Waals surface area contributed by atoms with Crippen LogP contribution in [0.1, 0.15) is 26.2 Å². The zero-order valence-electron chi connectivity index (χ0n) is 8.16. The van der Waals surface area contributed by atoms with Gasteiger partial charge in [0.2, 0.25) is 0 Å². The van der Waals surface area contributed by atoms with E-state index in [4.69, 9.17) is 14.6 Å². The molecular formula is C10H18O3. The molecule has 1 N–H and O–H groups in total. The van der Waals surface area contributed by atoms with Crippen molar-refractivity contribution in [2.24, 2.45) is 0 Å². The lowest BCUT2D eigenvalue weighted by Gasteiger charge is -2.16. The van der Waals surface area contributed by atoms with Crippen LogP contribution in [-0.2, 0) is 9.47 Å². The highest BCUT2D eigenvalue weighted by molar-refractivity contribution is 4.95. The first-order valence-corrected chi connectivity index (χ1v) is 4.83. The van der Waals surface area contributed by atoms with Crippen molar-refractivity contribution in [2.45, 2.75) is 32.0 Å². The number of aliphatic hydroxyl groups excluding tert-OH is 1. The average Bonchev–Trinajstić information content (AvgIpc) is 2.53. The molecule has 1 rings (SSSR count). The summed E-state index contributed by atoms with van der Waals surface area (Å²) in [6, 6.07) is 0. The van der Waals surface area contributed by atoms with E-state index in [2.05, 4.69) is 6.08 Å². The largest absolute Gasteiger partial charge is 0.396 e. The Bertz CT molecular complexity index is 160. The third-order valence-corrected chi connectivity index (χ3v) is 2.06. The van der Waals surface area contributed by atoms with Gasteiger partial charge in [0, 0.05) is 6.61 Å². The smallest absolute Gasteiger partial charge is 0.185 e. The molecule has 13 heavy (non-hydrogen) atoms. The van der Waals surface area contributed by atoms with Gasteiger partial charge in [0.05, 0.1) is 13.2 Å². The fourth-order valence-electron chi connectivity index (χ4n) is 1.30. The summed E-state index contributed by atoms with van der Waals surface area (Å²) in [5, 5.41) is 8.55. The van der Waals surface area contributed by atoms with Gasteiger partial charge in [0.1, 0.15) is 0 Å². The molecule has 0 unspecified atom stereocenters. The molecule has 0 spiro atoms. The molecule has 76 valence electrons. The lowest BCUT2D eigenvalue weighted by molar-refractivity contribution is -0.0998. The standard InChI is InChI=1S/C10H18O3/c1-10(12-8-9-13-10)6-4-2-3-5-7-11/h4,6,11H,2-3,5,7-9H2,1H3/b6-4+. The maximum Gasteiger partial charge on any atom is 0.185 e. The Hall–Kier alpha value is -0.380. The van der Waals surface area contributed by atoms with Crippen LogP contribution in [0.3, 0.4) is 0 Å². The van der Waals surface area contributed by atoms with E-state index in [1.54, 1.807) is 0 Å². The number of rotatable bonds is 5. The molecule has 1 saturated heterocycles. The highest BCUT2D eigenvalue weighted by Gasteiger charge is 2.26. The molecule has 0 saturated carbocycles. The van der Waals surface area contributed by atoms with Gasteiger partial charge in [-0.2, -0.15) is 0 Å². The summed E-state index contributed by atoms with van der Waals surface area (Å²) in [6.45, 7) is 3.55. The van der Waals surface area contributed by atoms with Crippen LogP contribution < -0.4 is 0 Å². The summed E-state index contributed by atoms with van der Waals surface area (Å²) in [7, 11) is 0. The Kier molecular flexibility index (Phi) is 4.42. The summed E-state index contributed by atoms with van der Waals surface area (Å²) >= 11 is 0. The molecule has 0 radical (unpaired) electrons. The molecule has 3 nitrogen and oxygen atoms in total. The summed E-state index contributed by atoms with van der Waals surface area (Å²) in [4.78, 5) is 0. The van der Waals surface area contributed by atoms with Crippen molar-refractivity contribution in [3.63, 3.8) is 0 Å². The summed E-state index contributed by atoms with van der Waals surface area (Å²) < 4.78 is 10.8. The number of unbranched alkanes of at least 4 members (excludes halogenated alkanes) is 2. The molecular weight excluding hydrogens is 168 g/mol. The lowest BCUT2D eigenvalue weighted by Crippen LogP contribution is -2.21. The maximum absolute atomic E-state index is 8.55. The quantitative estimate of drug-likeness (QED) is 0.522. The molecule has 1 aliphatic rings. The molecule has 0 bridgehead atoms. The molecule has 0 aromatic heterocycles. The number of hydrogen-bond acceptors (Lipinski definition) is 3. The molecule has 0 amide bonds. The second-order valence-electron chi connectivity index (χ2n) is 3.33. The number of ether oxygens (including phenoxy) is 2. The first-order valence-electron chi connectivity index (χ1n) is 4.83. The van der Waals surface area contributed by atoms with Gasteiger partial charge in [0.15, 0.2) is 5.79 Å². The Morgan fingerprint density at radius 1 is 1.31 bits per heavy atom. The Morgan fingerprint density at radius 3 is 2.62 bits per heavy atom. The van der Waals surface area contributed by atoms with E-state index < -0.39 is 5.79 Å². The number of hydrogen-bond donors (Lipinski definition) is 1. The van der Waals surface area contributed by atoms with Crippen LogP contribution in [0, 0.1) is 0 Å². The summed E-state index contributed by atoms with van der Waals surface area (Å²) in [5.74, 6) is -0.501. The minimum Gasteiger partial charge on any atom is -0.396 e. The fourth-order valence-corrected chi connectivity index (χ4v) is 1.30. The van der Waals surface area contributed by atoms with Crippen molar-refractivity contribution in [3.8, 4) is 0 Å². The monoisotopic (exact) mass is 186 g/mol. The predicted octanol–water partition coefficient (Wildman–Crippen LogP) is 1.47. The molecule has 0 atom stereocenters. The van der Waals surface area contributed by atoms with Crippen molar-refractivity contribution in [3.05, 3.63) is 12.2 Å². The van der Waals surface area contributed by atoms with Crippen LogP contribution in [0.4, 0.5) is 0 Å². The first kappa shape index (κ1) is 10.7. The van der Waals surface area contributed by atoms with Crippen LogP contribution in [0.25, 0.3) is 0 Å². The Labute approximate surface area is 79.3 Å². The third kappa shape index (κ3) is 3.89. The molecule has 0 aromatic carbocycles. The van der Waals surface area contributed by atoms with Gasteiger partial charge in [-0.15, -0.1) is 0 Å². The topological polar surface area (TPSA) is 38.7 Å². The van der Waals surface area contributed by atoms with E-state index in [0.29, 0.717) is 13.2 Å². The normalized spacial score (nSPS) is 21.4. The highest BCUT2D eigenvalue weighted by Crippen LogP contribution is 2.20.